The van der Waals surface area contributed by atoms with Crippen LogP contribution < -0.4 is 5.73 Å². The van der Waals surface area contributed by atoms with Crippen molar-refractivity contribution in [1.29, 1.82) is 0 Å². The van der Waals surface area contributed by atoms with E-state index in [1.54, 1.807) is 0 Å². The molecule has 1 nitrogen and oxygen atoms in total. The summed E-state index contributed by atoms with van der Waals surface area (Å²) in [6.45, 7) is 3.77. The molecule has 2 unspecified atom stereocenters. The monoisotopic (exact) mass is 153 g/mol. The van der Waals surface area contributed by atoms with Gasteiger partial charge in [-0.05, 0) is 25.2 Å². The first-order valence-corrected chi connectivity index (χ1v) is 4.69. The Hall–Kier alpha value is -0.300. The minimum atomic E-state index is 0.461. The lowest BCUT2D eigenvalue weighted by Gasteiger charge is -2.14. The number of rotatable bonds is 2. The highest BCUT2D eigenvalue weighted by Gasteiger charge is 2.15. The summed E-state index contributed by atoms with van der Waals surface area (Å²) in [6.07, 6.45) is 9.69. The van der Waals surface area contributed by atoms with E-state index in [2.05, 4.69) is 6.58 Å². The van der Waals surface area contributed by atoms with Crippen LogP contribution in [0.5, 0.6) is 0 Å². The molecular weight excluding hydrogens is 134 g/mol. The fourth-order valence-corrected chi connectivity index (χ4v) is 1.95. The van der Waals surface area contributed by atoms with Crippen LogP contribution >= 0.6 is 0 Å². The van der Waals surface area contributed by atoms with E-state index in [1.165, 1.54) is 32.1 Å². The quantitative estimate of drug-likeness (QED) is 0.478. The second kappa shape index (κ2) is 4.55. The van der Waals surface area contributed by atoms with E-state index in [0.29, 0.717) is 6.04 Å². The van der Waals surface area contributed by atoms with Crippen LogP contribution in [-0.2, 0) is 0 Å². The van der Waals surface area contributed by atoms with Gasteiger partial charge in [-0.1, -0.05) is 25.3 Å². The summed E-state index contributed by atoms with van der Waals surface area (Å²) in [6, 6.07) is 0.461. The minimum Gasteiger partial charge on any atom is -0.328 e. The van der Waals surface area contributed by atoms with Crippen LogP contribution in [-0.4, -0.2) is 6.04 Å². The third-order valence-electron chi connectivity index (χ3n) is 2.57. The van der Waals surface area contributed by atoms with Crippen molar-refractivity contribution in [3.63, 3.8) is 0 Å². The van der Waals surface area contributed by atoms with Crippen molar-refractivity contribution in [2.75, 3.05) is 0 Å². The van der Waals surface area contributed by atoms with Gasteiger partial charge in [0, 0.05) is 6.04 Å². The second-order valence-electron chi connectivity index (χ2n) is 3.67. The third-order valence-corrected chi connectivity index (χ3v) is 2.57. The lowest BCUT2D eigenvalue weighted by Crippen LogP contribution is -2.21. The molecule has 2 atom stereocenters. The summed E-state index contributed by atoms with van der Waals surface area (Å²) in [4.78, 5) is 0. The summed E-state index contributed by atoms with van der Waals surface area (Å²) < 4.78 is 0. The Morgan fingerprint density at radius 3 is 2.82 bits per heavy atom. The first kappa shape index (κ1) is 8.79. The second-order valence-corrected chi connectivity index (χ2v) is 3.67. The molecule has 0 saturated heterocycles. The van der Waals surface area contributed by atoms with E-state index < -0.39 is 0 Å². The SMILES string of the molecule is C=CCC1CCCCC(N)C1. The summed E-state index contributed by atoms with van der Waals surface area (Å²) in [5.74, 6) is 0.824. The van der Waals surface area contributed by atoms with E-state index in [0.717, 1.165) is 12.3 Å². The molecule has 0 aromatic heterocycles. The van der Waals surface area contributed by atoms with Crippen LogP contribution in [0.3, 0.4) is 0 Å². The molecule has 0 bridgehead atoms. The van der Waals surface area contributed by atoms with E-state index in [9.17, 15) is 0 Å². The predicted octanol–water partition coefficient (Wildman–Crippen LogP) is 2.47. The maximum Gasteiger partial charge on any atom is 0.00415 e. The molecule has 1 fully saturated rings. The van der Waals surface area contributed by atoms with Crippen molar-refractivity contribution < 1.29 is 0 Å². The van der Waals surface area contributed by atoms with Crippen LogP contribution in [0.1, 0.15) is 38.5 Å². The average molecular weight is 153 g/mol. The number of hydrogen-bond acceptors (Lipinski definition) is 1. The molecule has 0 radical (unpaired) electrons. The highest BCUT2D eigenvalue weighted by atomic mass is 14.6. The van der Waals surface area contributed by atoms with Gasteiger partial charge in [0.05, 0.1) is 0 Å². The Bertz CT molecular complexity index is 120. The highest BCUT2D eigenvalue weighted by molar-refractivity contribution is 4.79. The van der Waals surface area contributed by atoms with Crippen LogP contribution in [0, 0.1) is 5.92 Å². The number of allylic oxidation sites excluding steroid dienone is 1. The Morgan fingerprint density at radius 2 is 2.09 bits per heavy atom. The van der Waals surface area contributed by atoms with E-state index >= 15 is 0 Å². The lowest BCUT2D eigenvalue weighted by atomic mass is 9.95. The fraction of sp³-hybridized carbons (Fsp3) is 0.800. The molecule has 0 aliphatic heterocycles. The van der Waals surface area contributed by atoms with Crippen molar-refractivity contribution in [2.45, 2.75) is 44.6 Å². The molecule has 11 heavy (non-hydrogen) atoms. The lowest BCUT2D eigenvalue weighted by molar-refractivity contribution is 0.438. The standard InChI is InChI=1S/C10H19N/c1-2-5-9-6-3-4-7-10(11)8-9/h2,9-10H,1,3-8,11H2. The van der Waals surface area contributed by atoms with Crippen LogP contribution in [0.15, 0.2) is 12.7 Å². The van der Waals surface area contributed by atoms with Gasteiger partial charge in [0.25, 0.3) is 0 Å². The molecule has 0 aromatic carbocycles. The molecule has 2 N–H and O–H groups in total. The van der Waals surface area contributed by atoms with E-state index in [-0.39, 0.29) is 0 Å². The van der Waals surface area contributed by atoms with Crippen molar-refractivity contribution in [3.8, 4) is 0 Å². The molecule has 1 aliphatic rings. The molecule has 64 valence electrons. The molecule has 0 amide bonds. The first-order chi connectivity index (χ1) is 5.33. The molecule has 0 heterocycles. The van der Waals surface area contributed by atoms with Crippen molar-refractivity contribution in [1.82, 2.24) is 0 Å². The van der Waals surface area contributed by atoms with Gasteiger partial charge in [-0.2, -0.15) is 0 Å². The van der Waals surface area contributed by atoms with Crippen molar-refractivity contribution in [3.05, 3.63) is 12.7 Å². The topological polar surface area (TPSA) is 26.0 Å². The summed E-state index contributed by atoms with van der Waals surface area (Å²) >= 11 is 0. The zero-order chi connectivity index (χ0) is 8.10. The van der Waals surface area contributed by atoms with E-state index in [1.807, 2.05) is 6.08 Å². The van der Waals surface area contributed by atoms with Gasteiger partial charge in [-0.25, -0.2) is 0 Å². The highest BCUT2D eigenvalue weighted by Crippen LogP contribution is 2.24. The molecular formula is C10H19N. The molecule has 1 aliphatic carbocycles. The molecule has 1 saturated carbocycles. The molecule has 0 spiro atoms. The summed E-state index contributed by atoms with van der Waals surface area (Å²) in [5, 5.41) is 0. The van der Waals surface area contributed by atoms with Crippen molar-refractivity contribution in [2.24, 2.45) is 11.7 Å². The Morgan fingerprint density at radius 1 is 1.36 bits per heavy atom. The minimum absolute atomic E-state index is 0.461. The Labute approximate surface area is 69.7 Å². The van der Waals surface area contributed by atoms with Gasteiger partial charge in [0.2, 0.25) is 0 Å². The predicted molar refractivity (Wildman–Crippen MR) is 49.4 cm³/mol. The van der Waals surface area contributed by atoms with Crippen molar-refractivity contribution >= 4 is 0 Å². The van der Waals surface area contributed by atoms with Gasteiger partial charge in [0.1, 0.15) is 0 Å². The third kappa shape index (κ3) is 3.06. The fourth-order valence-electron chi connectivity index (χ4n) is 1.95. The Balaban J connectivity index is 2.32. The van der Waals surface area contributed by atoms with E-state index in [4.69, 9.17) is 5.73 Å². The van der Waals surface area contributed by atoms with Gasteiger partial charge in [0.15, 0.2) is 0 Å². The van der Waals surface area contributed by atoms with Crippen LogP contribution in [0.25, 0.3) is 0 Å². The average Bonchev–Trinajstić information content (AvgIpc) is 2.15. The zero-order valence-electron chi connectivity index (χ0n) is 7.26. The maximum absolute atomic E-state index is 5.92. The van der Waals surface area contributed by atoms with Crippen LogP contribution in [0.2, 0.25) is 0 Å². The molecule has 1 rings (SSSR count). The maximum atomic E-state index is 5.92. The summed E-state index contributed by atoms with van der Waals surface area (Å²) in [5.41, 5.74) is 5.92. The Kier molecular flexibility index (Phi) is 3.64. The van der Waals surface area contributed by atoms with Gasteiger partial charge >= 0.3 is 0 Å². The largest absolute Gasteiger partial charge is 0.328 e. The summed E-state index contributed by atoms with van der Waals surface area (Å²) in [7, 11) is 0. The number of nitrogens with two attached hydrogens (primary N) is 1. The zero-order valence-corrected chi connectivity index (χ0v) is 7.26. The number of hydrogen-bond donors (Lipinski definition) is 1. The smallest absolute Gasteiger partial charge is 0.00415 e. The normalized spacial score (nSPS) is 32.8. The van der Waals surface area contributed by atoms with Crippen LogP contribution in [0.4, 0.5) is 0 Å². The van der Waals surface area contributed by atoms with Gasteiger partial charge < -0.3 is 5.73 Å². The van der Waals surface area contributed by atoms with Gasteiger partial charge in [-0.15, -0.1) is 6.58 Å². The molecule has 0 aromatic rings. The first-order valence-electron chi connectivity index (χ1n) is 4.69. The van der Waals surface area contributed by atoms with Gasteiger partial charge in [-0.3, -0.25) is 0 Å². The molecule has 1 heteroatoms.